The first-order chi connectivity index (χ1) is 6.70. The van der Waals surface area contributed by atoms with Crippen LogP contribution < -0.4 is 0 Å². The Morgan fingerprint density at radius 3 is 2.86 bits per heavy atom. The van der Waals surface area contributed by atoms with Crippen LogP contribution in [-0.2, 0) is 14.3 Å². The first-order valence-corrected chi connectivity index (χ1v) is 5.00. The number of rotatable bonds is 1. The average Bonchev–Trinajstić information content (AvgIpc) is 2.65. The number of amides is 1. The normalized spacial score (nSPS) is 19.9. The fourth-order valence-corrected chi connectivity index (χ4v) is 1.67. The van der Waals surface area contributed by atoms with Crippen molar-refractivity contribution >= 4 is 27.8 Å². The summed E-state index contributed by atoms with van der Waals surface area (Å²) in [7, 11) is 1.32. The van der Waals surface area contributed by atoms with Crippen LogP contribution in [0.25, 0.3) is 0 Å². The van der Waals surface area contributed by atoms with Crippen LogP contribution in [-0.4, -0.2) is 36.5 Å². The Morgan fingerprint density at radius 2 is 2.29 bits per heavy atom. The number of nitrogens with zero attached hydrogens (tertiary/aromatic N) is 1. The molecule has 0 aliphatic carbocycles. The average molecular weight is 260 g/mol. The van der Waals surface area contributed by atoms with Crippen LogP contribution in [0.4, 0.5) is 0 Å². The summed E-state index contributed by atoms with van der Waals surface area (Å²) in [6, 6.07) is -0.458. The van der Waals surface area contributed by atoms with Gasteiger partial charge in [0.2, 0.25) is 0 Å². The summed E-state index contributed by atoms with van der Waals surface area (Å²) in [6.45, 7) is 0.570. The Hall–Kier alpha value is -1.02. The molecule has 1 heterocycles. The Morgan fingerprint density at radius 1 is 1.57 bits per heavy atom. The maximum atomic E-state index is 11.4. The van der Waals surface area contributed by atoms with Gasteiger partial charge in [0.1, 0.15) is 6.04 Å². The zero-order valence-electron chi connectivity index (χ0n) is 7.75. The second-order valence-electron chi connectivity index (χ2n) is 2.90. The number of halogens is 1. The number of likely N-dealkylation sites (tertiary alicyclic amines) is 1. The number of carbonyl (C=O) groups is 2. The van der Waals surface area contributed by atoms with Gasteiger partial charge < -0.3 is 9.64 Å². The minimum Gasteiger partial charge on any atom is -0.467 e. The van der Waals surface area contributed by atoms with Crippen molar-refractivity contribution in [3.63, 3.8) is 0 Å². The summed E-state index contributed by atoms with van der Waals surface area (Å²) < 4.78 is 4.60. The van der Waals surface area contributed by atoms with Gasteiger partial charge in [-0.05, 0) is 17.7 Å². The first-order valence-electron chi connectivity index (χ1n) is 4.20. The predicted octanol–water partition coefficient (Wildman–Crippen LogP) is 0.506. The minimum absolute atomic E-state index is 0.338. The Kier molecular flexibility index (Phi) is 3.96. The zero-order valence-corrected chi connectivity index (χ0v) is 9.33. The van der Waals surface area contributed by atoms with E-state index in [0.717, 1.165) is 6.42 Å². The predicted molar refractivity (Wildman–Crippen MR) is 53.5 cm³/mol. The molecule has 0 aromatic heterocycles. The summed E-state index contributed by atoms with van der Waals surface area (Å²) in [5.41, 5.74) is 0. The molecule has 0 saturated carbocycles. The number of esters is 1. The van der Waals surface area contributed by atoms with Crippen molar-refractivity contribution in [1.29, 1.82) is 0 Å². The number of hydrogen-bond donors (Lipinski definition) is 0. The molecule has 1 unspecified atom stereocenters. The van der Waals surface area contributed by atoms with Gasteiger partial charge in [-0.3, -0.25) is 4.79 Å². The number of ether oxygens (including phenoxy) is 1. The third-order valence-corrected chi connectivity index (χ3v) is 2.34. The molecule has 1 aliphatic heterocycles. The van der Waals surface area contributed by atoms with Gasteiger partial charge in [0.05, 0.1) is 7.11 Å². The molecule has 0 bridgehead atoms. The highest BCUT2D eigenvalue weighted by Gasteiger charge is 2.34. The van der Waals surface area contributed by atoms with E-state index in [4.69, 9.17) is 0 Å². The van der Waals surface area contributed by atoms with E-state index >= 15 is 0 Å². The summed E-state index contributed by atoms with van der Waals surface area (Å²) in [5.74, 6) is 1.64. The quantitative estimate of drug-likeness (QED) is 0.509. The Balaban J connectivity index is 2.71. The molecular weight excluding hydrogens is 250 g/mol. The van der Waals surface area contributed by atoms with E-state index < -0.39 is 6.04 Å². The summed E-state index contributed by atoms with van der Waals surface area (Å²) in [5, 5.41) is 0. The smallest absolute Gasteiger partial charge is 0.328 e. The molecule has 0 aromatic carbocycles. The molecule has 1 atom stereocenters. The van der Waals surface area contributed by atoms with Crippen LogP contribution in [0.1, 0.15) is 12.8 Å². The molecule has 1 aliphatic rings. The molecule has 4 nitrogen and oxygen atoms in total. The lowest BCUT2D eigenvalue weighted by Gasteiger charge is -2.19. The van der Waals surface area contributed by atoms with E-state index in [1.807, 2.05) is 0 Å². The van der Waals surface area contributed by atoms with Crippen molar-refractivity contribution in [1.82, 2.24) is 4.90 Å². The zero-order chi connectivity index (χ0) is 10.6. The fraction of sp³-hybridized carbons (Fsp3) is 0.556. The van der Waals surface area contributed by atoms with E-state index in [1.165, 1.54) is 12.0 Å². The second-order valence-corrected chi connectivity index (χ2v) is 3.30. The van der Waals surface area contributed by atoms with Gasteiger partial charge in [0.25, 0.3) is 5.91 Å². The lowest BCUT2D eigenvalue weighted by Crippen LogP contribution is -2.40. The van der Waals surface area contributed by atoms with Gasteiger partial charge >= 0.3 is 5.97 Å². The highest BCUT2D eigenvalue weighted by Crippen LogP contribution is 2.18. The second kappa shape index (κ2) is 5.01. The molecule has 1 fully saturated rings. The molecule has 0 N–H and O–H groups in total. The number of methoxy groups -OCH3 is 1. The maximum Gasteiger partial charge on any atom is 0.328 e. The molecule has 14 heavy (non-hydrogen) atoms. The summed E-state index contributed by atoms with van der Waals surface area (Å²) in [6.07, 6.45) is 1.47. The fourth-order valence-electron chi connectivity index (χ4n) is 1.50. The maximum absolute atomic E-state index is 11.4. The van der Waals surface area contributed by atoms with Crippen molar-refractivity contribution in [3.8, 4) is 10.8 Å². The molecule has 0 radical (unpaired) electrons. The Labute approximate surface area is 90.7 Å². The van der Waals surface area contributed by atoms with Crippen LogP contribution in [0.2, 0.25) is 0 Å². The molecular formula is C9H10BrNO3. The van der Waals surface area contributed by atoms with E-state index in [-0.39, 0.29) is 11.9 Å². The largest absolute Gasteiger partial charge is 0.467 e. The van der Waals surface area contributed by atoms with E-state index in [9.17, 15) is 9.59 Å². The Bertz CT molecular complexity index is 305. The van der Waals surface area contributed by atoms with Crippen molar-refractivity contribution in [2.24, 2.45) is 0 Å². The van der Waals surface area contributed by atoms with Crippen molar-refractivity contribution in [2.45, 2.75) is 18.9 Å². The molecule has 5 heteroatoms. The third kappa shape index (κ3) is 2.26. The lowest BCUT2D eigenvalue weighted by molar-refractivity contribution is -0.149. The number of carbonyl (C=O) groups excluding carboxylic acids is 2. The van der Waals surface area contributed by atoms with Gasteiger partial charge in [-0.1, -0.05) is 0 Å². The minimum atomic E-state index is -0.458. The van der Waals surface area contributed by atoms with Gasteiger partial charge in [-0.2, -0.15) is 0 Å². The van der Waals surface area contributed by atoms with Crippen LogP contribution in [0.5, 0.6) is 0 Å². The van der Waals surface area contributed by atoms with E-state index in [0.29, 0.717) is 13.0 Å². The highest BCUT2D eigenvalue weighted by molar-refractivity contribution is 9.12. The van der Waals surface area contributed by atoms with E-state index in [2.05, 4.69) is 31.4 Å². The molecule has 0 spiro atoms. The molecule has 1 saturated heterocycles. The lowest BCUT2D eigenvalue weighted by atomic mass is 10.2. The van der Waals surface area contributed by atoms with Crippen molar-refractivity contribution in [2.75, 3.05) is 13.7 Å². The SMILES string of the molecule is COC(=O)C1CCCN1C(=O)C#CBr. The van der Waals surface area contributed by atoms with Crippen LogP contribution >= 0.6 is 15.9 Å². The van der Waals surface area contributed by atoms with Crippen molar-refractivity contribution < 1.29 is 14.3 Å². The summed E-state index contributed by atoms with van der Waals surface area (Å²) >= 11 is 2.85. The van der Waals surface area contributed by atoms with Gasteiger partial charge in [-0.15, -0.1) is 0 Å². The topological polar surface area (TPSA) is 46.6 Å². The van der Waals surface area contributed by atoms with Crippen LogP contribution in [0.3, 0.4) is 0 Å². The standard InChI is InChI=1S/C9H10BrNO3/c1-14-9(13)7-3-2-6-11(7)8(12)4-5-10/h7H,2-3,6H2,1H3. The molecule has 76 valence electrons. The van der Waals surface area contributed by atoms with Gasteiger partial charge in [0, 0.05) is 28.4 Å². The van der Waals surface area contributed by atoms with Gasteiger partial charge in [-0.25, -0.2) is 4.79 Å². The van der Waals surface area contributed by atoms with Crippen molar-refractivity contribution in [3.05, 3.63) is 0 Å². The monoisotopic (exact) mass is 259 g/mol. The van der Waals surface area contributed by atoms with E-state index in [1.54, 1.807) is 0 Å². The molecule has 0 aromatic rings. The number of hydrogen-bond acceptors (Lipinski definition) is 3. The van der Waals surface area contributed by atoms with Crippen LogP contribution in [0, 0.1) is 10.8 Å². The molecule has 1 rings (SSSR count). The highest BCUT2D eigenvalue weighted by atomic mass is 79.9. The van der Waals surface area contributed by atoms with Crippen LogP contribution in [0.15, 0.2) is 0 Å². The third-order valence-electron chi connectivity index (χ3n) is 2.14. The van der Waals surface area contributed by atoms with Gasteiger partial charge in [0.15, 0.2) is 0 Å². The molecule has 1 amide bonds. The first kappa shape index (κ1) is 11.1. The summed E-state index contributed by atoms with van der Waals surface area (Å²) in [4.78, 5) is 26.4.